The summed E-state index contributed by atoms with van der Waals surface area (Å²) in [5.74, 6) is 0.287. The van der Waals surface area contributed by atoms with Crippen LogP contribution in [-0.4, -0.2) is 10.1 Å². The van der Waals surface area contributed by atoms with Gasteiger partial charge in [0.2, 0.25) is 0 Å². The Morgan fingerprint density at radius 3 is 2.61 bits per heavy atom. The minimum Gasteiger partial charge on any atom is -0.508 e. The molecule has 1 aromatic heterocycles. The van der Waals surface area contributed by atoms with E-state index in [1.54, 1.807) is 12.1 Å². The van der Waals surface area contributed by atoms with Crippen LogP contribution in [0.15, 0.2) is 54.7 Å². The molecule has 0 aliphatic rings. The molecule has 0 aliphatic heterocycles. The number of benzene rings is 2. The van der Waals surface area contributed by atoms with Gasteiger partial charge in [-0.3, -0.25) is 4.98 Å². The summed E-state index contributed by atoms with van der Waals surface area (Å²) in [4.78, 5) is 4.31. The molecular weight excluding hydrogens is 222 g/mol. The van der Waals surface area contributed by atoms with Gasteiger partial charge in [0, 0.05) is 17.3 Å². The summed E-state index contributed by atoms with van der Waals surface area (Å²) in [6, 6.07) is 15.5. The Labute approximate surface area is 106 Å². The van der Waals surface area contributed by atoms with Crippen LogP contribution < -0.4 is 0 Å². The van der Waals surface area contributed by atoms with Crippen LogP contribution in [0.1, 0.15) is 5.69 Å². The van der Waals surface area contributed by atoms with Crippen molar-refractivity contribution in [3.8, 4) is 16.9 Å². The van der Waals surface area contributed by atoms with Crippen molar-refractivity contribution < 1.29 is 5.11 Å². The van der Waals surface area contributed by atoms with Crippen molar-refractivity contribution in [2.24, 2.45) is 0 Å². The van der Waals surface area contributed by atoms with E-state index in [9.17, 15) is 5.11 Å². The summed E-state index contributed by atoms with van der Waals surface area (Å²) in [5, 5.41) is 11.9. The molecule has 0 spiro atoms. The van der Waals surface area contributed by atoms with Crippen LogP contribution in [0.4, 0.5) is 0 Å². The number of phenolic OH excluding ortho intramolecular Hbond substituents is 1. The van der Waals surface area contributed by atoms with Gasteiger partial charge >= 0.3 is 0 Å². The number of rotatable bonds is 1. The van der Waals surface area contributed by atoms with Crippen molar-refractivity contribution in [3.63, 3.8) is 0 Å². The monoisotopic (exact) mass is 235 g/mol. The second kappa shape index (κ2) is 4.15. The average molecular weight is 235 g/mol. The Morgan fingerprint density at radius 1 is 0.944 bits per heavy atom. The van der Waals surface area contributed by atoms with E-state index >= 15 is 0 Å². The largest absolute Gasteiger partial charge is 0.508 e. The van der Waals surface area contributed by atoms with Gasteiger partial charge in [-0.1, -0.05) is 30.3 Å². The van der Waals surface area contributed by atoms with E-state index in [4.69, 9.17) is 0 Å². The standard InChI is InChI=1S/C16H13NO/c1-11-14-6-3-7-15(16(14)8-9-17-11)12-4-2-5-13(18)10-12/h2-10,18H,1H3. The lowest BCUT2D eigenvalue weighted by atomic mass is 9.98. The number of nitrogens with zero attached hydrogens (tertiary/aromatic N) is 1. The number of aromatic nitrogens is 1. The summed E-state index contributed by atoms with van der Waals surface area (Å²) in [5.41, 5.74) is 3.16. The first kappa shape index (κ1) is 10.8. The molecule has 3 aromatic rings. The predicted molar refractivity (Wildman–Crippen MR) is 73.6 cm³/mol. The van der Waals surface area contributed by atoms with E-state index in [2.05, 4.69) is 17.1 Å². The average Bonchev–Trinajstić information content (AvgIpc) is 2.39. The second-order valence-electron chi connectivity index (χ2n) is 4.35. The van der Waals surface area contributed by atoms with E-state index in [0.717, 1.165) is 27.6 Å². The van der Waals surface area contributed by atoms with Gasteiger partial charge in [-0.05, 0) is 41.6 Å². The Balaban J connectivity index is 2.33. The molecule has 18 heavy (non-hydrogen) atoms. The van der Waals surface area contributed by atoms with Crippen molar-refractivity contribution in [1.29, 1.82) is 0 Å². The normalized spacial score (nSPS) is 10.7. The van der Waals surface area contributed by atoms with Gasteiger partial charge in [0.05, 0.1) is 0 Å². The molecule has 88 valence electrons. The lowest BCUT2D eigenvalue weighted by molar-refractivity contribution is 0.475. The highest BCUT2D eigenvalue weighted by Gasteiger charge is 2.05. The van der Waals surface area contributed by atoms with E-state index in [1.165, 1.54) is 0 Å². The van der Waals surface area contributed by atoms with Gasteiger partial charge < -0.3 is 5.11 Å². The van der Waals surface area contributed by atoms with Gasteiger partial charge in [0.25, 0.3) is 0 Å². The highest BCUT2D eigenvalue weighted by atomic mass is 16.3. The maximum Gasteiger partial charge on any atom is 0.116 e. The molecule has 3 rings (SSSR count). The molecule has 0 atom stereocenters. The zero-order valence-corrected chi connectivity index (χ0v) is 10.1. The predicted octanol–water partition coefficient (Wildman–Crippen LogP) is 3.92. The summed E-state index contributed by atoms with van der Waals surface area (Å²) >= 11 is 0. The summed E-state index contributed by atoms with van der Waals surface area (Å²) in [7, 11) is 0. The number of fused-ring (bicyclic) bond motifs is 1. The number of pyridine rings is 1. The minimum atomic E-state index is 0.287. The molecule has 2 nitrogen and oxygen atoms in total. The maximum absolute atomic E-state index is 9.59. The van der Waals surface area contributed by atoms with Crippen molar-refractivity contribution in [1.82, 2.24) is 4.98 Å². The van der Waals surface area contributed by atoms with Gasteiger partial charge in [-0.15, -0.1) is 0 Å². The van der Waals surface area contributed by atoms with Crippen LogP contribution in [0.3, 0.4) is 0 Å². The summed E-state index contributed by atoms with van der Waals surface area (Å²) in [6.07, 6.45) is 1.82. The number of hydrogen-bond donors (Lipinski definition) is 1. The van der Waals surface area contributed by atoms with Crippen molar-refractivity contribution in [2.45, 2.75) is 6.92 Å². The maximum atomic E-state index is 9.59. The van der Waals surface area contributed by atoms with Crippen molar-refractivity contribution >= 4 is 10.8 Å². The molecule has 1 N–H and O–H groups in total. The third kappa shape index (κ3) is 1.72. The molecule has 0 saturated heterocycles. The molecule has 2 aromatic carbocycles. The SMILES string of the molecule is Cc1nccc2c(-c3cccc(O)c3)cccc12. The molecule has 0 radical (unpaired) electrons. The second-order valence-corrected chi connectivity index (χ2v) is 4.35. The van der Waals surface area contributed by atoms with Crippen LogP contribution >= 0.6 is 0 Å². The molecule has 1 heterocycles. The Morgan fingerprint density at radius 2 is 1.78 bits per heavy atom. The van der Waals surface area contributed by atoms with Gasteiger partial charge in [0.15, 0.2) is 0 Å². The zero-order valence-electron chi connectivity index (χ0n) is 10.1. The fourth-order valence-electron chi connectivity index (χ4n) is 2.28. The molecule has 0 unspecified atom stereocenters. The number of aryl methyl sites for hydroxylation is 1. The topological polar surface area (TPSA) is 33.1 Å². The van der Waals surface area contributed by atoms with E-state index in [-0.39, 0.29) is 5.75 Å². The highest BCUT2D eigenvalue weighted by Crippen LogP contribution is 2.30. The van der Waals surface area contributed by atoms with Gasteiger partial charge in [-0.25, -0.2) is 0 Å². The fraction of sp³-hybridized carbons (Fsp3) is 0.0625. The number of aromatic hydroxyl groups is 1. The quantitative estimate of drug-likeness (QED) is 0.693. The van der Waals surface area contributed by atoms with Gasteiger partial charge in [0.1, 0.15) is 5.75 Å². The van der Waals surface area contributed by atoms with Crippen LogP contribution in [0.25, 0.3) is 21.9 Å². The number of hydrogen-bond acceptors (Lipinski definition) is 2. The highest BCUT2D eigenvalue weighted by molar-refractivity contribution is 5.97. The Hall–Kier alpha value is -2.35. The lowest BCUT2D eigenvalue weighted by Gasteiger charge is -2.08. The van der Waals surface area contributed by atoms with E-state index < -0.39 is 0 Å². The third-order valence-electron chi connectivity index (χ3n) is 3.16. The Bertz CT molecular complexity index is 719. The molecule has 2 heteroatoms. The summed E-state index contributed by atoms with van der Waals surface area (Å²) < 4.78 is 0. The van der Waals surface area contributed by atoms with Crippen LogP contribution in [0, 0.1) is 6.92 Å². The molecular formula is C16H13NO. The molecule has 0 amide bonds. The smallest absolute Gasteiger partial charge is 0.116 e. The van der Waals surface area contributed by atoms with Crippen LogP contribution in [-0.2, 0) is 0 Å². The first-order valence-corrected chi connectivity index (χ1v) is 5.89. The molecule has 0 saturated carbocycles. The molecule has 0 aliphatic carbocycles. The first-order valence-electron chi connectivity index (χ1n) is 5.89. The Kier molecular flexibility index (Phi) is 2.49. The van der Waals surface area contributed by atoms with Crippen LogP contribution in [0.5, 0.6) is 5.75 Å². The first-order chi connectivity index (χ1) is 8.75. The van der Waals surface area contributed by atoms with E-state index in [1.807, 2.05) is 37.4 Å². The third-order valence-corrected chi connectivity index (χ3v) is 3.16. The fourth-order valence-corrected chi connectivity index (χ4v) is 2.28. The molecule has 0 fully saturated rings. The zero-order chi connectivity index (χ0) is 12.5. The van der Waals surface area contributed by atoms with Gasteiger partial charge in [-0.2, -0.15) is 0 Å². The van der Waals surface area contributed by atoms with Crippen molar-refractivity contribution in [3.05, 3.63) is 60.4 Å². The van der Waals surface area contributed by atoms with Crippen molar-refractivity contribution in [2.75, 3.05) is 0 Å². The minimum absolute atomic E-state index is 0.287. The lowest BCUT2D eigenvalue weighted by Crippen LogP contribution is -1.86. The summed E-state index contributed by atoms with van der Waals surface area (Å²) in [6.45, 7) is 2.01. The van der Waals surface area contributed by atoms with Crippen LogP contribution in [0.2, 0.25) is 0 Å². The number of phenols is 1. The molecule has 0 bridgehead atoms. The van der Waals surface area contributed by atoms with E-state index in [0.29, 0.717) is 0 Å².